The first-order chi connectivity index (χ1) is 8.88. The molecule has 2 unspecified atom stereocenters. The Morgan fingerprint density at radius 1 is 1.47 bits per heavy atom. The van der Waals surface area contributed by atoms with Crippen LogP contribution in [0.15, 0.2) is 24.3 Å². The van der Waals surface area contributed by atoms with Gasteiger partial charge in [0.05, 0.1) is 12.5 Å². The number of carboxylic acid groups (broad SMARTS) is 1. The van der Waals surface area contributed by atoms with Crippen LogP contribution in [0.1, 0.15) is 18.9 Å². The number of nitrogens with one attached hydrogen (secondary N) is 1. The molecule has 0 spiro atoms. The molecule has 0 aromatic heterocycles. The molecule has 0 aliphatic carbocycles. The van der Waals surface area contributed by atoms with Crippen molar-refractivity contribution in [3.8, 4) is 0 Å². The van der Waals surface area contributed by atoms with Crippen molar-refractivity contribution in [2.45, 2.75) is 31.8 Å². The number of benzene rings is 1. The summed E-state index contributed by atoms with van der Waals surface area (Å²) in [6.07, 6.45) is 0.224. The van der Waals surface area contributed by atoms with E-state index < -0.39 is 17.9 Å². The summed E-state index contributed by atoms with van der Waals surface area (Å²) >= 11 is 5.87. The lowest BCUT2D eigenvalue weighted by Crippen LogP contribution is -2.46. The Kier molecular flexibility index (Phi) is 5.79. The van der Waals surface area contributed by atoms with Crippen LogP contribution in [0.3, 0.4) is 0 Å². The van der Waals surface area contributed by atoms with E-state index in [0.29, 0.717) is 11.4 Å². The number of nitrogens with two attached hydrogens (primary N) is 1. The maximum Gasteiger partial charge on any atom is 0.305 e. The Morgan fingerprint density at radius 3 is 2.74 bits per heavy atom. The molecule has 4 N–H and O–H groups in total. The molecule has 0 saturated heterocycles. The fourth-order valence-electron chi connectivity index (χ4n) is 1.70. The van der Waals surface area contributed by atoms with E-state index in [1.807, 2.05) is 25.1 Å². The maximum atomic E-state index is 11.6. The number of carbonyl (C=O) groups excluding carboxylic acids is 1. The van der Waals surface area contributed by atoms with E-state index in [1.165, 1.54) is 0 Å². The summed E-state index contributed by atoms with van der Waals surface area (Å²) in [7, 11) is 0. The lowest BCUT2D eigenvalue weighted by atomic mass is 10.1. The first kappa shape index (κ1) is 15.5. The van der Waals surface area contributed by atoms with Crippen LogP contribution in [0, 0.1) is 0 Å². The van der Waals surface area contributed by atoms with Crippen molar-refractivity contribution in [3.05, 3.63) is 34.9 Å². The first-order valence-electron chi connectivity index (χ1n) is 5.90. The van der Waals surface area contributed by atoms with E-state index in [9.17, 15) is 9.59 Å². The van der Waals surface area contributed by atoms with Gasteiger partial charge in [0, 0.05) is 11.1 Å². The van der Waals surface area contributed by atoms with Crippen LogP contribution in [-0.2, 0) is 16.0 Å². The fourth-order valence-corrected chi connectivity index (χ4v) is 1.91. The molecule has 0 aliphatic rings. The largest absolute Gasteiger partial charge is 0.481 e. The molecule has 1 aromatic rings. The van der Waals surface area contributed by atoms with Crippen molar-refractivity contribution in [2.75, 3.05) is 0 Å². The molecule has 6 heteroatoms. The quantitative estimate of drug-likeness (QED) is 0.731. The summed E-state index contributed by atoms with van der Waals surface area (Å²) < 4.78 is 0. The molecule has 0 radical (unpaired) electrons. The standard InChI is InChI=1S/C13H17ClN2O3/c1-8(5-9-3-2-4-10(14)6-9)16-13(19)11(15)7-12(17)18/h2-4,6,8,11H,5,7,15H2,1H3,(H,16,19)(H,17,18). The summed E-state index contributed by atoms with van der Waals surface area (Å²) in [6, 6.07) is 6.16. The van der Waals surface area contributed by atoms with Gasteiger partial charge in [-0.15, -0.1) is 0 Å². The molecule has 0 aliphatic heterocycles. The van der Waals surface area contributed by atoms with E-state index in [2.05, 4.69) is 5.32 Å². The van der Waals surface area contributed by atoms with Crippen molar-refractivity contribution in [3.63, 3.8) is 0 Å². The molecule has 2 atom stereocenters. The Hall–Kier alpha value is -1.59. The van der Waals surface area contributed by atoms with Gasteiger partial charge in [0.15, 0.2) is 0 Å². The SMILES string of the molecule is CC(Cc1cccc(Cl)c1)NC(=O)C(N)CC(=O)O. The zero-order valence-corrected chi connectivity index (χ0v) is 11.4. The number of hydrogen-bond donors (Lipinski definition) is 3. The van der Waals surface area contributed by atoms with Crippen LogP contribution >= 0.6 is 11.6 Å². The Bertz CT molecular complexity index is 465. The van der Waals surface area contributed by atoms with E-state index in [-0.39, 0.29) is 12.5 Å². The third kappa shape index (κ3) is 5.72. The second-order valence-electron chi connectivity index (χ2n) is 4.45. The molecule has 0 saturated carbocycles. The first-order valence-corrected chi connectivity index (χ1v) is 6.28. The Balaban J connectivity index is 2.48. The van der Waals surface area contributed by atoms with Crippen LogP contribution in [-0.4, -0.2) is 29.1 Å². The Morgan fingerprint density at radius 2 is 2.16 bits per heavy atom. The molecule has 5 nitrogen and oxygen atoms in total. The predicted molar refractivity (Wildman–Crippen MR) is 73.0 cm³/mol. The van der Waals surface area contributed by atoms with Gasteiger partial charge in [-0.25, -0.2) is 0 Å². The molecule has 0 fully saturated rings. The monoisotopic (exact) mass is 284 g/mol. The average molecular weight is 285 g/mol. The van der Waals surface area contributed by atoms with Gasteiger partial charge in [0.1, 0.15) is 0 Å². The van der Waals surface area contributed by atoms with Gasteiger partial charge in [0.2, 0.25) is 5.91 Å². The van der Waals surface area contributed by atoms with Crippen LogP contribution in [0.2, 0.25) is 5.02 Å². The van der Waals surface area contributed by atoms with Gasteiger partial charge in [-0.2, -0.15) is 0 Å². The molecular weight excluding hydrogens is 268 g/mol. The van der Waals surface area contributed by atoms with Crippen molar-refractivity contribution in [2.24, 2.45) is 5.73 Å². The van der Waals surface area contributed by atoms with Crippen LogP contribution in [0.4, 0.5) is 0 Å². The highest BCUT2D eigenvalue weighted by Gasteiger charge is 2.18. The number of amides is 1. The van der Waals surface area contributed by atoms with Gasteiger partial charge < -0.3 is 16.2 Å². The van der Waals surface area contributed by atoms with Crippen LogP contribution in [0.5, 0.6) is 0 Å². The van der Waals surface area contributed by atoms with Crippen molar-refractivity contribution in [1.29, 1.82) is 0 Å². The number of carbonyl (C=O) groups is 2. The van der Waals surface area contributed by atoms with Gasteiger partial charge >= 0.3 is 5.97 Å². The number of rotatable bonds is 6. The van der Waals surface area contributed by atoms with Gasteiger partial charge in [0.25, 0.3) is 0 Å². The summed E-state index contributed by atoms with van der Waals surface area (Å²) in [4.78, 5) is 22.1. The van der Waals surface area contributed by atoms with Crippen molar-refractivity contribution >= 4 is 23.5 Å². The van der Waals surface area contributed by atoms with Gasteiger partial charge in [-0.3, -0.25) is 9.59 Å². The Labute approximate surface area is 116 Å². The van der Waals surface area contributed by atoms with Gasteiger partial charge in [-0.05, 0) is 31.0 Å². The minimum absolute atomic E-state index is 0.147. The van der Waals surface area contributed by atoms with E-state index in [4.69, 9.17) is 22.4 Å². The summed E-state index contributed by atoms with van der Waals surface area (Å²) in [5.74, 6) is -1.55. The van der Waals surface area contributed by atoms with E-state index >= 15 is 0 Å². The molecule has 1 amide bonds. The van der Waals surface area contributed by atoms with E-state index in [1.54, 1.807) is 6.07 Å². The summed E-state index contributed by atoms with van der Waals surface area (Å²) in [5.41, 5.74) is 6.46. The predicted octanol–water partition coefficient (Wildman–Crippen LogP) is 1.19. The minimum Gasteiger partial charge on any atom is -0.481 e. The number of hydrogen-bond acceptors (Lipinski definition) is 3. The van der Waals surface area contributed by atoms with Crippen LogP contribution < -0.4 is 11.1 Å². The number of halogens is 1. The molecule has 0 heterocycles. The lowest BCUT2D eigenvalue weighted by molar-refractivity contribution is -0.139. The molecule has 19 heavy (non-hydrogen) atoms. The summed E-state index contributed by atoms with van der Waals surface area (Å²) in [6.45, 7) is 1.83. The maximum absolute atomic E-state index is 11.6. The lowest BCUT2D eigenvalue weighted by Gasteiger charge is -2.16. The van der Waals surface area contributed by atoms with Crippen molar-refractivity contribution in [1.82, 2.24) is 5.32 Å². The minimum atomic E-state index is -1.09. The molecule has 1 rings (SSSR count). The normalized spacial score (nSPS) is 13.6. The van der Waals surface area contributed by atoms with Gasteiger partial charge in [-0.1, -0.05) is 23.7 Å². The highest BCUT2D eigenvalue weighted by atomic mass is 35.5. The molecule has 104 valence electrons. The highest BCUT2D eigenvalue weighted by molar-refractivity contribution is 6.30. The molecule has 0 bridgehead atoms. The smallest absolute Gasteiger partial charge is 0.305 e. The van der Waals surface area contributed by atoms with E-state index in [0.717, 1.165) is 5.56 Å². The molecule has 1 aromatic carbocycles. The zero-order valence-electron chi connectivity index (χ0n) is 10.6. The zero-order chi connectivity index (χ0) is 14.4. The second kappa shape index (κ2) is 7.11. The number of carboxylic acids is 1. The average Bonchev–Trinajstić information content (AvgIpc) is 2.27. The summed E-state index contributed by atoms with van der Waals surface area (Å²) in [5, 5.41) is 11.9. The third-order valence-electron chi connectivity index (χ3n) is 2.55. The fraction of sp³-hybridized carbons (Fsp3) is 0.385. The second-order valence-corrected chi connectivity index (χ2v) is 4.88. The van der Waals surface area contributed by atoms with Crippen LogP contribution in [0.25, 0.3) is 0 Å². The number of aliphatic carboxylic acids is 1. The third-order valence-corrected chi connectivity index (χ3v) is 2.79. The topological polar surface area (TPSA) is 92.4 Å². The molecular formula is C13H17ClN2O3. The highest BCUT2D eigenvalue weighted by Crippen LogP contribution is 2.12. The van der Waals surface area contributed by atoms with Crippen molar-refractivity contribution < 1.29 is 14.7 Å².